The molecule has 4 rings (SSSR count). The van der Waals surface area contributed by atoms with Gasteiger partial charge >= 0.3 is 6.03 Å². The molecule has 2 fully saturated rings. The van der Waals surface area contributed by atoms with E-state index >= 15 is 0 Å². The van der Waals surface area contributed by atoms with Gasteiger partial charge in [-0.2, -0.15) is 0 Å². The molecule has 5 nitrogen and oxygen atoms in total. The van der Waals surface area contributed by atoms with E-state index in [2.05, 4.69) is 23.5 Å². The third kappa shape index (κ3) is 3.04. The fourth-order valence-electron chi connectivity index (χ4n) is 4.10. The van der Waals surface area contributed by atoms with Crippen molar-refractivity contribution in [1.29, 1.82) is 0 Å². The molecule has 0 bridgehead atoms. The van der Waals surface area contributed by atoms with E-state index in [9.17, 15) is 13.2 Å². The average molecular weight is 348 g/mol. The van der Waals surface area contributed by atoms with E-state index in [1.807, 2.05) is 11.0 Å². The topological polar surface area (TPSA) is 66.5 Å². The highest BCUT2D eigenvalue weighted by molar-refractivity contribution is 7.91. The van der Waals surface area contributed by atoms with E-state index < -0.39 is 9.84 Å². The second kappa shape index (κ2) is 5.76. The zero-order valence-corrected chi connectivity index (χ0v) is 14.6. The predicted octanol–water partition coefficient (Wildman–Crippen LogP) is 2.07. The summed E-state index contributed by atoms with van der Waals surface area (Å²) in [5.74, 6) is 0.797. The van der Waals surface area contributed by atoms with E-state index in [0.717, 1.165) is 19.4 Å². The van der Waals surface area contributed by atoms with E-state index in [-0.39, 0.29) is 28.9 Å². The molecule has 1 saturated carbocycles. The van der Waals surface area contributed by atoms with Crippen LogP contribution >= 0.6 is 0 Å². The van der Waals surface area contributed by atoms with Crippen molar-refractivity contribution in [3.05, 3.63) is 35.4 Å². The standard InChI is InChI=1S/C18H24N2O3S/c21-17(19-11-14-5-9-24(22,23)10-6-14)20-12-15-3-1-2-4-16(15)18(13-20)7-8-18/h1-4,14H,5-13H2,(H,19,21). The predicted molar refractivity (Wildman–Crippen MR) is 92.5 cm³/mol. The maximum atomic E-state index is 12.6. The molecule has 1 spiro atoms. The summed E-state index contributed by atoms with van der Waals surface area (Å²) in [5, 5.41) is 3.04. The van der Waals surface area contributed by atoms with Gasteiger partial charge in [-0.1, -0.05) is 24.3 Å². The fourth-order valence-corrected chi connectivity index (χ4v) is 5.68. The lowest BCUT2D eigenvalue weighted by molar-refractivity contribution is 0.181. The Bertz CT molecular complexity index is 741. The Morgan fingerprint density at radius 3 is 2.62 bits per heavy atom. The first-order valence-electron chi connectivity index (χ1n) is 8.79. The molecule has 1 aliphatic carbocycles. The SMILES string of the molecule is O=C(NCC1CCS(=O)(=O)CC1)N1Cc2ccccc2C2(CC2)C1. The number of benzene rings is 1. The summed E-state index contributed by atoms with van der Waals surface area (Å²) in [6.45, 7) is 2.05. The van der Waals surface area contributed by atoms with E-state index in [0.29, 0.717) is 25.9 Å². The van der Waals surface area contributed by atoms with Crippen LogP contribution in [-0.4, -0.2) is 43.9 Å². The molecule has 1 saturated heterocycles. The minimum atomic E-state index is -2.84. The molecule has 0 unspecified atom stereocenters. The van der Waals surface area contributed by atoms with Gasteiger partial charge in [0, 0.05) is 25.0 Å². The van der Waals surface area contributed by atoms with Crippen molar-refractivity contribution < 1.29 is 13.2 Å². The Morgan fingerprint density at radius 1 is 1.21 bits per heavy atom. The van der Waals surface area contributed by atoms with Gasteiger partial charge in [0.25, 0.3) is 0 Å². The number of amides is 2. The highest BCUT2D eigenvalue weighted by Gasteiger charge is 2.49. The Hall–Kier alpha value is -1.56. The molecule has 3 aliphatic rings. The molecule has 0 aromatic heterocycles. The fraction of sp³-hybridized carbons (Fsp3) is 0.611. The van der Waals surface area contributed by atoms with Gasteiger partial charge in [-0.3, -0.25) is 0 Å². The second-order valence-corrected chi connectivity index (χ2v) is 9.88. The van der Waals surface area contributed by atoms with Gasteiger partial charge in [-0.25, -0.2) is 13.2 Å². The summed E-state index contributed by atoms with van der Waals surface area (Å²) in [7, 11) is -2.84. The molecule has 2 aliphatic heterocycles. The van der Waals surface area contributed by atoms with Gasteiger partial charge in [0.1, 0.15) is 9.84 Å². The van der Waals surface area contributed by atoms with Gasteiger partial charge in [0.2, 0.25) is 0 Å². The van der Waals surface area contributed by atoms with Crippen LogP contribution in [-0.2, 0) is 21.8 Å². The number of nitrogens with zero attached hydrogens (tertiary/aromatic N) is 1. The number of nitrogens with one attached hydrogen (secondary N) is 1. The van der Waals surface area contributed by atoms with Crippen molar-refractivity contribution in [2.24, 2.45) is 5.92 Å². The third-order valence-electron chi connectivity index (χ3n) is 5.80. The number of carbonyl (C=O) groups is 1. The van der Waals surface area contributed by atoms with E-state index in [1.165, 1.54) is 11.1 Å². The first-order chi connectivity index (χ1) is 11.5. The zero-order valence-electron chi connectivity index (χ0n) is 13.8. The molecule has 6 heteroatoms. The average Bonchev–Trinajstić information content (AvgIpc) is 3.33. The number of sulfone groups is 1. The van der Waals surface area contributed by atoms with Crippen molar-refractivity contribution in [3.8, 4) is 0 Å². The van der Waals surface area contributed by atoms with E-state index in [1.54, 1.807) is 0 Å². The molecule has 1 aromatic carbocycles. The van der Waals surface area contributed by atoms with Crippen molar-refractivity contribution in [2.75, 3.05) is 24.6 Å². The quantitative estimate of drug-likeness (QED) is 0.890. The zero-order chi connectivity index (χ0) is 16.8. The molecule has 24 heavy (non-hydrogen) atoms. The Balaban J connectivity index is 1.36. The lowest BCUT2D eigenvalue weighted by Crippen LogP contribution is -2.47. The molecular weight excluding hydrogens is 324 g/mol. The van der Waals surface area contributed by atoms with Gasteiger partial charge < -0.3 is 10.2 Å². The van der Waals surface area contributed by atoms with E-state index in [4.69, 9.17) is 0 Å². The number of rotatable bonds is 2. The number of carbonyl (C=O) groups excluding carboxylic acids is 1. The summed E-state index contributed by atoms with van der Waals surface area (Å²) in [6, 6.07) is 8.45. The van der Waals surface area contributed by atoms with Crippen molar-refractivity contribution in [2.45, 2.75) is 37.6 Å². The summed E-state index contributed by atoms with van der Waals surface area (Å²) in [6.07, 6.45) is 3.65. The van der Waals surface area contributed by atoms with Gasteiger partial charge in [-0.05, 0) is 42.7 Å². The number of urea groups is 1. The van der Waals surface area contributed by atoms with Crippen LogP contribution < -0.4 is 5.32 Å². The van der Waals surface area contributed by atoms with Crippen LogP contribution in [0, 0.1) is 5.92 Å². The number of hydrogen-bond donors (Lipinski definition) is 1. The minimum absolute atomic E-state index is 0.00999. The van der Waals surface area contributed by atoms with Gasteiger partial charge in [0.05, 0.1) is 11.5 Å². The Kier molecular flexibility index (Phi) is 3.82. The van der Waals surface area contributed by atoms with Gasteiger partial charge in [-0.15, -0.1) is 0 Å². The molecule has 0 atom stereocenters. The summed E-state index contributed by atoms with van der Waals surface area (Å²) in [4.78, 5) is 14.5. The molecular formula is C18H24N2O3S. The third-order valence-corrected chi connectivity index (χ3v) is 7.52. The summed E-state index contributed by atoms with van der Waals surface area (Å²) >= 11 is 0. The summed E-state index contributed by atoms with van der Waals surface area (Å²) in [5.41, 5.74) is 2.87. The van der Waals surface area contributed by atoms with Crippen molar-refractivity contribution in [3.63, 3.8) is 0 Å². The highest BCUT2D eigenvalue weighted by Crippen LogP contribution is 2.52. The molecule has 0 radical (unpaired) electrons. The molecule has 2 amide bonds. The lowest BCUT2D eigenvalue weighted by Gasteiger charge is -2.35. The number of hydrogen-bond acceptors (Lipinski definition) is 3. The van der Waals surface area contributed by atoms with Crippen LogP contribution in [0.3, 0.4) is 0 Å². The first-order valence-corrected chi connectivity index (χ1v) is 10.6. The maximum absolute atomic E-state index is 12.6. The minimum Gasteiger partial charge on any atom is -0.338 e. The number of fused-ring (bicyclic) bond motifs is 2. The van der Waals surface area contributed by atoms with Crippen LogP contribution in [0.15, 0.2) is 24.3 Å². The first kappa shape index (κ1) is 15.9. The van der Waals surface area contributed by atoms with Crippen molar-refractivity contribution in [1.82, 2.24) is 10.2 Å². The Morgan fingerprint density at radius 2 is 1.92 bits per heavy atom. The smallest absolute Gasteiger partial charge is 0.317 e. The van der Waals surface area contributed by atoms with Crippen LogP contribution in [0.4, 0.5) is 4.79 Å². The lowest BCUT2D eigenvalue weighted by atomic mass is 9.87. The van der Waals surface area contributed by atoms with Gasteiger partial charge in [0.15, 0.2) is 0 Å². The second-order valence-electron chi connectivity index (χ2n) is 7.57. The van der Waals surface area contributed by atoms with Crippen LogP contribution in [0.1, 0.15) is 36.8 Å². The monoisotopic (exact) mass is 348 g/mol. The molecule has 130 valence electrons. The normalized spacial score (nSPS) is 24.4. The van der Waals surface area contributed by atoms with Crippen LogP contribution in [0.2, 0.25) is 0 Å². The molecule has 2 heterocycles. The highest BCUT2D eigenvalue weighted by atomic mass is 32.2. The molecule has 1 aromatic rings. The largest absolute Gasteiger partial charge is 0.338 e. The maximum Gasteiger partial charge on any atom is 0.317 e. The Labute approximate surface area is 143 Å². The van der Waals surface area contributed by atoms with Crippen molar-refractivity contribution >= 4 is 15.9 Å². The van der Waals surface area contributed by atoms with Crippen LogP contribution in [0.5, 0.6) is 0 Å². The summed E-state index contributed by atoms with van der Waals surface area (Å²) < 4.78 is 23.0. The van der Waals surface area contributed by atoms with Crippen LogP contribution in [0.25, 0.3) is 0 Å². The molecule has 1 N–H and O–H groups in total.